The van der Waals surface area contributed by atoms with Gasteiger partial charge in [-0.2, -0.15) is 0 Å². The monoisotopic (exact) mass is 353 g/mol. The van der Waals surface area contributed by atoms with Crippen molar-refractivity contribution < 1.29 is 19.1 Å². The van der Waals surface area contributed by atoms with Gasteiger partial charge in [0.05, 0.1) is 17.8 Å². The smallest absolute Gasteiger partial charge is 0.338 e. The van der Waals surface area contributed by atoms with Crippen LogP contribution in [0.15, 0.2) is 54.6 Å². The number of amides is 1. The minimum atomic E-state index is -0.493. The number of carbonyl (C=O) groups is 2. The van der Waals surface area contributed by atoms with Crippen LogP contribution in [0, 0.1) is 0 Å². The third kappa shape index (κ3) is 4.49. The van der Waals surface area contributed by atoms with Gasteiger partial charge in [-0.25, -0.2) is 4.79 Å². The van der Waals surface area contributed by atoms with E-state index in [0.29, 0.717) is 18.7 Å². The molecule has 5 nitrogen and oxygen atoms in total. The van der Waals surface area contributed by atoms with E-state index in [9.17, 15) is 9.59 Å². The molecule has 136 valence electrons. The number of nitrogens with zero attached hydrogens (tertiary/aromatic N) is 1. The molecule has 2 aromatic rings. The summed E-state index contributed by atoms with van der Waals surface area (Å²) in [6, 6.07) is 17.1. The lowest BCUT2D eigenvalue weighted by atomic mass is 10.0. The summed E-state index contributed by atoms with van der Waals surface area (Å²) in [7, 11) is 0. The molecule has 0 aliphatic carbocycles. The van der Waals surface area contributed by atoms with E-state index in [1.54, 1.807) is 17.0 Å². The first kappa shape index (κ1) is 18.1. The van der Waals surface area contributed by atoms with Crippen LogP contribution in [-0.4, -0.2) is 48.7 Å². The van der Waals surface area contributed by atoms with Gasteiger partial charge >= 0.3 is 5.97 Å². The standard InChI is InChI=1S/C21H23NO4/c1-15-12-22(13-16(2)26-15)20(23)14-25-21(24)19-10-8-18(9-11-19)17-6-4-3-5-7-17/h3-11,15-16H,12-14H2,1-2H3. The van der Waals surface area contributed by atoms with Crippen LogP contribution in [0.5, 0.6) is 0 Å². The van der Waals surface area contributed by atoms with E-state index in [2.05, 4.69) is 0 Å². The zero-order chi connectivity index (χ0) is 18.5. The van der Waals surface area contributed by atoms with E-state index in [-0.39, 0.29) is 24.7 Å². The van der Waals surface area contributed by atoms with Crippen LogP contribution in [0.4, 0.5) is 0 Å². The molecule has 1 amide bonds. The van der Waals surface area contributed by atoms with Gasteiger partial charge in [0.2, 0.25) is 0 Å². The minimum absolute atomic E-state index is 0.0102. The lowest BCUT2D eigenvalue weighted by molar-refractivity contribution is -0.146. The Hall–Kier alpha value is -2.66. The number of morpholine rings is 1. The van der Waals surface area contributed by atoms with Crippen LogP contribution in [0.2, 0.25) is 0 Å². The summed E-state index contributed by atoms with van der Waals surface area (Å²) < 4.78 is 10.8. The summed E-state index contributed by atoms with van der Waals surface area (Å²) in [6.07, 6.45) is -0.0205. The molecule has 0 saturated carbocycles. The summed E-state index contributed by atoms with van der Waals surface area (Å²) in [6.45, 7) is 4.64. The van der Waals surface area contributed by atoms with Gasteiger partial charge in [0.25, 0.3) is 5.91 Å². The number of hydrogen-bond acceptors (Lipinski definition) is 4. The van der Waals surface area contributed by atoms with Gasteiger partial charge in [-0.1, -0.05) is 42.5 Å². The van der Waals surface area contributed by atoms with Crippen molar-refractivity contribution in [1.82, 2.24) is 4.90 Å². The van der Waals surface area contributed by atoms with Gasteiger partial charge in [-0.05, 0) is 37.1 Å². The highest BCUT2D eigenvalue weighted by Crippen LogP contribution is 2.19. The molecule has 1 fully saturated rings. The van der Waals surface area contributed by atoms with E-state index in [1.165, 1.54) is 0 Å². The molecule has 0 aromatic heterocycles. The number of esters is 1. The number of carbonyl (C=O) groups excluding carboxylic acids is 2. The fourth-order valence-corrected chi connectivity index (χ4v) is 3.11. The molecule has 1 aliphatic rings. The average Bonchev–Trinajstić information content (AvgIpc) is 2.66. The molecule has 0 N–H and O–H groups in total. The molecule has 2 aromatic carbocycles. The van der Waals surface area contributed by atoms with Gasteiger partial charge in [0.15, 0.2) is 6.61 Å². The maximum absolute atomic E-state index is 12.3. The van der Waals surface area contributed by atoms with Crippen molar-refractivity contribution in [3.8, 4) is 11.1 Å². The molecule has 26 heavy (non-hydrogen) atoms. The summed E-state index contributed by atoms with van der Waals surface area (Å²) >= 11 is 0. The maximum Gasteiger partial charge on any atom is 0.338 e. The van der Waals surface area contributed by atoms with Crippen LogP contribution in [0.1, 0.15) is 24.2 Å². The fourth-order valence-electron chi connectivity index (χ4n) is 3.11. The molecule has 5 heteroatoms. The normalized spacial score (nSPS) is 19.8. The van der Waals surface area contributed by atoms with E-state index < -0.39 is 5.97 Å². The van der Waals surface area contributed by atoms with Gasteiger partial charge in [0.1, 0.15) is 0 Å². The zero-order valence-corrected chi connectivity index (χ0v) is 15.1. The summed E-state index contributed by atoms with van der Waals surface area (Å²) in [5.74, 6) is -0.687. The van der Waals surface area contributed by atoms with Gasteiger partial charge < -0.3 is 14.4 Å². The van der Waals surface area contributed by atoms with Crippen LogP contribution >= 0.6 is 0 Å². The first-order chi connectivity index (χ1) is 12.5. The van der Waals surface area contributed by atoms with Crippen LogP contribution < -0.4 is 0 Å². The molecule has 2 unspecified atom stereocenters. The maximum atomic E-state index is 12.3. The quantitative estimate of drug-likeness (QED) is 0.793. The molecular formula is C21H23NO4. The Morgan fingerprint density at radius 1 is 0.962 bits per heavy atom. The fraction of sp³-hybridized carbons (Fsp3) is 0.333. The highest BCUT2D eigenvalue weighted by Gasteiger charge is 2.26. The zero-order valence-electron chi connectivity index (χ0n) is 15.1. The second kappa shape index (κ2) is 8.15. The van der Waals surface area contributed by atoms with Gasteiger partial charge in [-0.15, -0.1) is 0 Å². The van der Waals surface area contributed by atoms with Crippen LogP contribution in [0.3, 0.4) is 0 Å². The van der Waals surface area contributed by atoms with Crippen molar-refractivity contribution in [1.29, 1.82) is 0 Å². The Bertz CT molecular complexity index is 747. The molecule has 1 heterocycles. The lowest BCUT2D eigenvalue weighted by Crippen LogP contribution is -2.49. The number of ether oxygens (including phenoxy) is 2. The Balaban J connectivity index is 1.56. The molecule has 0 radical (unpaired) electrons. The van der Waals surface area contributed by atoms with Gasteiger partial charge in [-0.3, -0.25) is 4.79 Å². The Morgan fingerprint density at radius 3 is 2.15 bits per heavy atom. The minimum Gasteiger partial charge on any atom is -0.452 e. The third-order valence-electron chi connectivity index (χ3n) is 4.33. The molecule has 1 aliphatic heterocycles. The first-order valence-electron chi connectivity index (χ1n) is 8.79. The number of rotatable bonds is 4. The molecule has 0 spiro atoms. The summed E-state index contributed by atoms with van der Waals surface area (Å²) in [4.78, 5) is 26.1. The van der Waals surface area contributed by atoms with Gasteiger partial charge in [0, 0.05) is 13.1 Å². The van der Waals surface area contributed by atoms with Crippen LogP contribution in [0.25, 0.3) is 11.1 Å². The van der Waals surface area contributed by atoms with Crippen molar-refractivity contribution in [2.45, 2.75) is 26.1 Å². The largest absolute Gasteiger partial charge is 0.452 e. The molecule has 1 saturated heterocycles. The van der Waals surface area contributed by atoms with E-state index in [1.807, 2.05) is 56.3 Å². The highest BCUT2D eigenvalue weighted by atomic mass is 16.5. The van der Waals surface area contributed by atoms with Crippen molar-refractivity contribution in [2.24, 2.45) is 0 Å². The van der Waals surface area contributed by atoms with Crippen molar-refractivity contribution in [3.05, 3.63) is 60.2 Å². The molecule has 2 atom stereocenters. The average molecular weight is 353 g/mol. The number of hydrogen-bond donors (Lipinski definition) is 0. The lowest BCUT2D eigenvalue weighted by Gasteiger charge is -2.35. The second-order valence-corrected chi connectivity index (χ2v) is 6.58. The summed E-state index contributed by atoms with van der Waals surface area (Å²) in [5, 5.41) is 0. The van der Waals surface area contributed by atoms with Crippen LogP contribution in [-0.2, 0) is 14.3 Å². The molecular weight excluding hydrogens is 330 g/mol. The predicted molar refractivity (Wildman–Crippen MR) is 98.7 cm³/mol. The third-order valence-corrected chi connectivity index (χ3v) is 4.33. The second-order valence-electron chi connectivity index (χ2n) is 6.58. The topological polar surface area (TPSA) is 55.8 Å². The molecule has 0 bridgehead atoms. The molecule has 3 rings (SSSR count). The first-order valence-corrected chi connectivity index (χ1v) is 8.79. The SMILES string of the molecule is CC1CN(C(=O)COC(=O)c2ccc(-c3ccccc3)cc2)CC(C)O1. The Labute approximate surface area is 153 Å². The number of benzene rings is 2. The predicted octanol–water partition coefficient (Wildman–Crippen LogP) is 3.15. The van der Waals surface area contributed by atoms with E-state index >= 15 is 0 Å². The van der Waals surface area contributed by atoms with Crippen molar-refractivity contribution in [3.63, 3.8) is 0 Å². The van der Waals surface area contributed by atoms with E-state index in [4.69, 9.17) is 9.47 Å². The Morgan fingerprint density at radius 2 is 1.54 bits per heavy atom. The van der Waals surface area contributed by atoms with Crippen molar-refractivity contribution in [2.75, 3.05) is 19.7 Å². The highest BCUT2D eigenvalue weighted by molar-refractivity contribution is 5.91. The Kier molecular flexibility index (Phi) is 5.68. The van der Waals surface area contributed by atoms with E-state index in [0.717, 1.165) is 11.1 Å². The summed E-state index contributed by atoms with van der Waals surface area (Å²) in [5.41, 5.74) is 2.54. The van der Waals surface area contributed by atoms with Crippen molar-refractivity contribution >= 4 is 11.9 Å².